The van der Waals surface area contributed by atoms with Gasteiger partial charge in [0.1, 0.15) is 18.2 Å². The van der Waals surface area contributed by atoms with Crippen molar-refractivity contribution in [2.24, 2.45) is 0 Å². The van der Waals surface area contributed by atoms with Gasteiger partial charge in [-0.2, -0.15) is 18.3 Å². The molecule has 12 heteroatoms. The predicted molar refractivity (Wildman–Crippen MR) is 72.7 cm³/mol. The molecular formula is C12H12F3N7O2. The number of hydrogen-bond donors (Lipinski definition) is 2. The molecule has 9 nitrogen and oxygen atoms in total. The Bertz CT molecular complexity index is 690. The molecule has 1 aliphatic rings. The van der Waals surface area contributed by atoms with Gasteiger partial charge >= 0.3 is 12.2 Å². The van der Waals surface area contributed by atoms with Gasteiger partial charge in [0.25, 0.3) is 0 Å². The van der Waals surface area contributed by atoms with E-state index in [1.165, 1.54) is 11.2 Å². The molecule has 1 aliphatic heterocycles. The first-order valence-corrected chi connectivity index (χ1v) is 6.86. The van der Waals surface area contributed by atoms with Crippen molar-refractivity contribution >= 4 is 11.8 Å². The second kappa shape index (κ2) is 6.39. The highest BCUT2D eigenvalue weighted by atomic mass is 19.4. The largest absolute Gasteiger partial charge is 0.435 e. The minimum Gasteiger partial charge on any atom is -0.377 e. The van der Waals surface area contributed by atoms with E-state index < -0.39 is 23.9 Å². The maximum Gasteiger partial charge on any atom is 0.435 e. The molecule has 2 aromatic heterocycles. The quantitative estimate of drug-likeness (QED) is 0.849. The summed E-state index contributed by atoms with van der Waals surface area (Å²) in [6.45, 7) is 0.837. The lowest BCUT2D eigenvalue weighted by molar-refractivity contribution is -0.141. The van der Waals surface area contributed by atoms with Crippen LogP contribution in [0.25, 0.3) is 0 Å². The van der Waals surface area contributed by atoms with Gasteiger partial charge in [-0.15, -0.1) is 10.2 Å². The first kappa shape index (κ1) is 16.1. The Morgan fingerprint density at radius 3 is 2.83 bits per heavy atom. The van der Waals surface area contributed by atoms with Crippen LogP contribution in [0.15, 0.2) is 18.5 Å². The third-order valence-electron chi connectivity index (χ3n) is 3.33. The van der Waals surface area contributed by atoms with E-state index in [0.717, 1.165) is 12.1 Å². The highest BCUT2D eigenvalue weighted by Crippen LogP contribution is 2.27. The molecule has 0 aliphatic carbocycles. The van der Waals surface area contributed by atoms with Crippen molar-refractivity contribution in [1.29, 1.82) is 0 Å². The molecule has 0 radical (unpaired) electrons. The number of morpholine rings is 1. The van der Waals surface area contributed by atoms with E-state index in [9.17, 15) is 18.0 Å². The summed E-state index contributed by atoms with van der Waals surface area (Å²) in [6, 6.07) is 0.755. The summed E-state index contributed by atoms with van der Waals surface area (Å²) in [4.78, 5) is 17.8. The number of amides is 2. The summed E-state index contributed by atoms with van der Waals surface area (Å²) in [6.07, 6.45) is -3.28. The number of alkyl halides is 3. The van der Waals surface area contributed by atoms with Crippen molar-refractivity contribution in [2.45, 2.75) is 12.2 Å². The zero-order chi connectivity index (χ0) is 17.2. The second-order valence-electron chi connectivity index (χ2n) is 4.89. The fourth-order valence-electron chi connectivity index (χ4n) is 2.18. The summed E-state index contributed by atoms with van der Waals surface area (Å²) < 4.78 is 42.7. The van der Waals surface area contributed by atoms with Crippen molar-refractivity contribution in [2.75, 3.05) is 25.1 Å². The zero-order valence-electron chi connectivity index (χ0n) is 12.1. The van der Waals surface area contributed by atoms with Crippen LogP contribution < -0.4 is 5.32 Å². The van der Waals surface area contributed by atoms with Crippen molar-refractivity contribution in [1.82, 2.24) is 30.3 Å². The number of urea groups is 1. The van der Waals surface area contributed by atoms with Crippen molar-refractivity contribution in [3.05, 3.63) is 30.0 Å². The summed E-state index contributed by atoms with van der Waals surface area (Å²) in [5, 5.41) is 15.2. The van der Waals surface area contributed by atoms with Crippen LogP contribution in [-0.4, -0.2) is 56.1 Å². The number of anilines is 1. The minimum atomic E-state index is -4.59. The molecule has 0 saturated carbocycles. The Labute approximate surface area is 133 Å². The highest BCUT2D eigenvalue weighted by Gasteiger charge is 2.33. The Morgan fingerprint density at radius 1 is 1.38 bits per heavy atom. The second-order valence-corrected chi connectivity index (χ2v) is 4.89. The number of ether oxygens (including phenoxy) is 1. The summed E-state index contributed by atoms with van der Waals surface area (Å²) in [5.41, 5.74) is -1.13. The Kier molecular flexibility index (Phi) is 4.29. The Morgan fingerprint density at radius 2 is 2.21 bits per heavy atom. The molecular weight excluding hydrogens is 331 g/mol. The van der Waals surface area contributed by atoms with E-state index in [-0.39, 0.29) is 19.0 Å². The fourth-order valence-corrected chi connectivity index (χ4v) is 2.18. The maximum absolute atomic E-state index is 12.5. The van der Waals surface area contributed by atoms with Crippen LogP contribution in [0.2, 0.25) is 0 Å². The SMILES string of the molecule is O=C(Nc1ccc(C(F)(F)F)nn1)N1CCOCC1c1ncn[nH]1. The molecule has 1 saturated heterocycles. The van der Waals surface area contributed by atoms with Gasteiger partial charge in [-0.05, 0) is 12.1 Å². The van der Waals surface area contributed by atoms with Crippen LogP contribution in [0.5, 0.6) is 0 Å². The molecule has 2 amide bonds. The molecule has 1 fully saturated rings. The fraction of sp³-hybridized carbons (Fsp3) is 0.417. The summed E-state index contributed by atoms with van der Waals surface area (Å²) in [7, 11) is 0. The number of hydrogen-bond acceptors (Lipinski definition) is 6. The van der Waals surface area contributed by atoms with Crippen molar-refractivity contribution in [3.63, 3.8) is 0 Å². The average molecular weight is 343 g/mol. The van der Waals surface area contributed by atoms with Gasteiger partial charge in [0.15, 0.2) is 11.5 Å². The van der Waals surface area contributed by atoms with E-state index in [0.29, 0.717) is 12.4 Å². The molecule has 3 heterocycles. The normalized spacial score (nSPS) is 18.5. The predicted octanol–water partition coefficient (Wildman–Crippen LogP) is 1.22. The third-order valence-corrected chi connectivity index (χ3v) is 3.33. The molecule has 2 aromatic rings. The van der Waals surface area contributed by atoms with Gasteiger partial charge in [0.05, 0.1) is 13.2 Å². The molecule has 2 N–H and O–H groups in total. The van der Waals surface area contributed by atoms with Crippen LogP contribution in [-0.2, 0) is 10.9 Å². The number of nitrogens with zero attached hydrogens (tertiary/aromatic N) is 5. The van der Waals surface area contributed by atoms with E-state index >= 15 is 0 Å². The lowest BCUT2D eigenvalue weighted by Gasteiger charge is -2.33. The van der Waals surface area contributed by atoms with Gasteiger partial charge in [-0.1, -0.05) is 0 Å². The van der Waals surface area contributed by atoms with Crippen LogP contribution in [0.1, 0.15) is 17.6 Å². The third kappa shape index (κ3) is 3.42. The topological polar surface area (TPSA) is 109 Å². The monoisotopic (exact) mass is 343 g/mol. The van der Waals surface area contributed by atoms with Crippen LogP contribution >= 0.6 is 0 Å². The van der Waals surface area contributed by atoms with Crippen LogP contribution in [0, 0.1) is 0 Å². The summed E-state index contributed by atoms with van der Waals surface area (Å²) >= 11 is 0. The molecule has 1 atom stereocenters. The van der Waals surface area contributed by atoms with Crippen molar-refractivity contribution in [3.8, 4) is 0 Å². The lowest BCUT2D eigenvalue weighted by atomic mass is 10.2. The Hall–Kier alpha value is -2.76. The van der Waals surface area contributed by atoms with Gasteiger partial charge in [0.2, 0.25) is 0 Å². The Balaban J connectivity index is 1.71. The van der Waals surface area contributed by atoms with Gasteiger partial charge in [-0.25, -0.2) is 9.78 Å². The summed E-state index contributed by atoms with van der Waals surface area (Å²) in [5.74, 6) is 0.360. The first-order chi connectivity index (χ1) is 11.4. The molecule has 0 aromatic carbocycles. The van der Waals surface area contributed by atoms with Gasteiger partial charge in [0, 0.05) is 6.54 Å². The maximum atomic E-state index is 12.5. The number of carbonyl (C=O) groups excluding carboxylic acids is 1. The zero-order valence-corrected chi connectivity index (χ0v) is 12.1. The van der Waals surface area contributed by atoms with E-state index in [1.807, 2.05) is 0 Å². The molecule has 0 spiro atoms. The molecule has 3 rings (SSSR count). The number of halogens is 3. The van der Waals surface area contributed by atoms with E-state index in [2.05, 4.69) is 30.7 Å². The molecule has 128 valence electrons. The smallest absolute Gasteiger partial charge is 0.377 e. The van der Waals surface area contributed by atoms with Gasteiger partial charge in [-0.3, -0.25) is 10.4 Å². The van der Waals surface area contributed by atoms with E-state index in [1.54, 1.807) is 0 Å². The standard InChI is InChI=1S/C12H12F3N7O2/c13-12(14,15)8-1-2-9(20-19-8)18-11(23)22-3-4-24-5-7(22)10-16-6-17-21-10/h1-2,6-7H,3-5H2,(H,16,17,21)(H,18,20,23). The number of nitrogens with one attached hydrogen (secondary N) is 2. The number of H-pyrrole nitrogens is 1. The first-order valence-electron chi connectivity index (χ1n) is 6.86. The number of carbonyl (C=O) groups is 1. The molecule has 1 unspecified atom stereocenters. The van der Waals surface area contributed by atoms with Crippen LogP contribution in [0.4, 0.5) is 23.8 Å². The van der Waals surface area contributed by atoms with Gasteiger partial charge < -0.3 is 9.64 Å². The van der Waals surface area contributed by atoms with Crippen LogP contribution in [0.3, 0.4) is 0 Å². The minimum absolute atomic E-state index is 0.0872. The highest BCUT2D eigenvalue weighted by molar-refractivity contribution is 5.88. The molecule has 0 bridgehead atoms. The van der Waals surface area contributed by atoms with Crippen molar-refractivity contribution < 1.29 is 22.7 Å². The van der Waals surface area contributed by atoms with E-state index in [4.69, 9.17) is 4.74 Å². The molecule has 24 heavy (non-hydrogen) atoms. The average Bonchev–Trinajstić information content (AvgIpc) is 3.09. The number of rotatable bonds is 2. The number of aromatic amines is 1. The number of aromatic nitrogens is 5. The lowest BCUT2D eigenvalue weighted by Crippen LogP contribution is -2.46.